The first-order valence-corrected chi connectivity index (χ1v) is 6.30. The molecule has 0 saturated heterocycles. The van der Waals surface area contributed by atoms with Crippen LogP contribution < -0.4 is 16.8 Å². The van der Waals surface area contributed by atoms with Crippen molar-refractivity contribution in [3.8, 4) is 0 Å². The van der Waals surface area contributed by atoms with E-state index in [-0.39, 0.29) is 0 Å². The summed E-state index contributed by atoms with van der Waals surface area (Å²) in [5, 5.41) is 5.29. The maximum atomic E-state index is 6.00. The number of nitrogens with zero attached hydrogens (tertiary/aromatic N) is 1. The summed E-state index contributed by atoms with van der Waals surface area (Å²) in [6.45, 7) is 1.46. The average Bonchev–Trinajstić information content (AvgIpc) is 2.33. The Labute approximate surface area is 109 Å². The molecule has 0 amide bonds. The van der Waals surface area contributed by atoms with Gasteiger partial charge >= 0.3 is 0 Å². The summed E-state index contributed by atoms with van der Waals surface area (Å²) in [6.07, 6.45) is 2.69. The minimum absolute atomic E-state index is 0.664. The van der Waals surface area contributed by atoms with Crippen LogP contribution in [0, 0.1) is 0 Å². The highest BCUT2D eigenvalue weighted by Gasteiger charge is 2.08. The standard InChI is InChI=1S/C12H15BrN4/c13-9-7-17-12(16-6-2-5-14)11-8(9)3-1-4-10(11)15/h1,3-4,7H,2,5-6,14-15H2,(H,16,17). The van der Waals surface area contributed by atoms with Crippen molar-refractivity contribution in [2.75, 3.05) is 24.1 Å². The molecule has 90 valence electrons. The Bertz CT molecular complexity index is 527. The molecule has 0 bridgehead atoms. The quantitative estimate of drug-likeness (QED) is 0.597. The number of nitrogens with one attached hydrogen (secondary N) is 1. The number of aromatic nitrogens is 1. The van der Waals surface area contributed by atoms with E-state index in [2.05, 4.69) is 26.2 Å². The molecule has 5 heteroatoms. The number of rotatable bonds is 4. The second kappa shape index (κ2) is 5.33. The van der Waals surface area contributed by atoms with Crippen LogP contribution in [0.25, 0.3) is 10.8 Å². The van der Waals surface area contributed by atoms with Crippen molar-refractivity contribution in [3.63, 3.8) is 0 Å². The van der Waals surface area contributed by atoms with Gasteiger partial charge in [-0.3, -0.25) is 0 Å². The highest BCUT2D eigenvalue weighted by atomic mass is 79.9. The average molecular weight is 295 g/mol. The lowest BCUT2D eigenvalue weighted by molar-refractivity contribution is 0.871. The number of nitrogens with two attached hydrogens (primary N) is 2. The number of nitrogen functional groups attached to an aromatic ring is 1. The van der Waals surface area contributed by atoms with Gasteiger partial charge in [-0.05, 0) is 35.0 Å². The van der Waals surface area contributed by atoms with E-state index in [9.17, 15) is 0 Å². The normalized spacial score (nSPS) is 10.7. The topological polar surface area (TPSA) is 77.0 Å². The van der Waals surface area contributed by atoms with Gasteiger partial charge in [0.25, 0.3) is 0 Å². The predicted octanol–water partition coefficient (Wildman–Crippen LogP) is 2.34. The van der Waals surface area contributed by atoms with Gasteiger partial charge in [-0.1, -0.05) is 12.1 Å². The molecule has 0 aliphatic rings. The second-order valence-electron chi connectivity index (χ2n) is 3.79. The van der Waals surface area contributed by atoms with Crippen LogP contribution in [0.1, 0.15) is 6.42 Å². The fraction of sp³-hybridized carbons (Fsp3) is 0.250. The van der Waals surface area contributed by atoms with E-state index in [1.54, 1.807) is 6.20 Å². The molecular formula is C12H15BrN4. The Hall–Kier alpha value is -1.33. The van der Waals surface area contributed by atoms with E-state index < -0.39 is 0 Å². The third-order valence-electron chi connectivity index (χ3n) is 2.57. The molecule has 0 saturated carbocycles. The van der Waals surface area contributed by atoms with Crippen LogP contribution in [0.15, 0.2) is 28.9 Å². The Morgan fingerprint density at radius 2 is 2.18 bits per heavy atom. The molecule has 5 N–H and O–H groups in total. The Morgan fingerprint density at radius 3 is 2.94 bits per heavy atom. The molecule has 0 aliphatic carbocycles. The van der Waals surface area contributed by atoms with Gasteiger partial charge in [0, 0.05) is 33.7 Å². The molecule has 2 aromatic rings. The Morgan fingerprint density at radius 1 is 1.35 bits per heavy atom. The van der Waals surface area contributed by atoms with Crippen molar-refractivity contribution in [3.05, 3.63) is 28.9 Å². The third kappa shape index (κ3) is 2.50. The lowest BCUT2D eigenvalue weighted by Gasteiger charge is -2.11. The van der Waals surface area contributed by atoms with Gasteiger partial charge in [0.15, 0.2) is 0 Å². The first-order chi connectivity index (χ1) is 8.24. The van der Waals surface area contributed by atoms with Crippen LogP contribution in [-0.2, 0) is 0 Å². The van der Waals surface area contributed by atoms with Crippen molar-refractivity contribution < 1.29 is 0 Å². The summed E-state index contributed by atoms with van der Waals surface area (Å²) in [5.41, 5.74) is 12.2. The molecule has 1 heterocycles. The molecule has 0 unspecified atom stereocenters. The highest BCUT2D eigenvalue weighted by Crippen LogP contribution is 2.32. The van der Waals surface area contributed by atoms with E-state index in [4.69, 9.17) is 11.5 Å². The highest BCUT2D eigenvalue weighted by molar-refractivity contribution is 9.10. The fourth-order valence-electron chi connectivity index (χ4n) is 1.73. The first-order valence-electron chi connectivity index (χ1n) is 5.50. The van der Waals surface area contributed by atoms with Crippen molar-refractivity contribution in [1.29, 1.82) is 0 Å². The SMILES string of the molecule is NCCCNc1ncc(Br)c2cccc(N)c12. The summed E-state index contributed by atoms with van der Waals surface area (Å²) < 4.78 is 0.948. The Kier molecular flexibility index (Phi) is 3.81. The lowest BCUT2D eigenvalue weighted by Crippen LogP contribution is -2.10. The molecule has 2 rings (SSSR count). The van der Waals surface area contributed by atoms with Crippen LogP contribution in [0.4, 0.5) is 11.5 Å². The molecule has 4 nitrogen and oxygen atoms in total. The summed E-state index contributed by atoms with van der Waals surface area (Å²) in [4.78, 5) is 4.36. The second-order valence-corrected chi connectivity index (χ2v) is 4.65. The van der Waals surface area contributed by atoms with Crippen LogP contribution in [0.3, 0.4) is 0 Å². The van der Waals surface area contributed by atoms with Crippen LogP contribution in [0.5, 0.6) is 0 Å². The number of halogens is 1. The van der Waals surface area contributed by atoms with Crippen molar-refractivity contribution in [2.24, 2.45) is 5.73 Å². The van der Waals surface area contributed by atoms with E-state index in [0.717, 1.165) is 39.7 Å². The maximum Gasteiger partial charge on any atom is 0.135 e. The van der Waals surface area contributed by atoms with Crippen LogP contribution >= 0.6 is 15.9 Å². The minimum Gasteiger partial charge on any atom is -0.398 e. The van der Waals surface area contributed by atoms with Crippen molar-refractivity contribution >= 4 is 38.2 Å². The summed E-state index contributed by atoms with van der Waals surface area (Å²) in [7, 11) is 0. The molecule has 1 aromatic heterocycles. The van der Waals surface area contributed by atoms with Crippen molar-refractivity contribution in [2.45, 2.75) is 6.42 Å². The number of pyridine rings is 1. The molecule has 17 heavy (non-hydrogen) atoms. The molecular weight excluding hydrogens is 280 g/mol. The minimum atomic E-state index is 0.664. The monoisotopic (exact) mass is 294 g/mol. The first kappa shape index (κ1) is 12.1. The third-order valence-corrected chi connectivity index (χ3v) is 3.20. The zero-order valence-corrected chi connectivity index (χ0v) is 11.0. The predicted molar refractivity (Wildman–Crippen MR) is 76.0 cm³/mol. The van der Waals surface area contributed by atoms with Gasteiger partial charge in [-0.15, -0.1) is 0 Å². The zero-order valence-electron chi connectivity index (χ0n) is 9.41. The van der Waals surface area contributed by atoms with Gasteiger partial charge in [0.2, 0.25) is 0 Å². The molecule has 0 fully saturated rings. The van der Waals surface area contributed by atoms with Crippen molar-refractivity contribution in [1.82, 2.24) is 4.98 Å². The van der Waals surface area contributed by atoms with Gasteiger partial charge in [0.05, 0.1) is 0 Å². The molecule has 0 radical (unpaired) electrons. The smallest absolute Gasteiger partial charge is 0.135 e. The zero-order chi connectivity index (χ0) is 12.3. The van der Waals surface area contributed by atoms with Gasteiger partial charge in [0.1, 0.15) is 5.82 Å². The van der Waals surface area contributed by atoms with Gasteiger partial charge in [-0.2, -0.15) is 0 Å². The maximum absolute atomic E-state index is 6.00. The summed E-state index contributed by atoms with van der Waals surface area (Å²) >= 11 is 3.48. The van der Waals surface area contributed by atoms with Gasteiger partial charge in [-0.25, -0.2) is 4.98 Å². The van der Waals surface area contributed by atoms with E-state index >= 15 is 0 Å². The van der Waals surface area contributed by atoms with E-state index in [1.165, 1.54) is 0 Å². The number of hydrogen-bond donors (Lipinski definition) is 3. The largest absolute Gasteiger partial charge is 0.398 e. The molecule has 0 aliphatic heterocycles. The molecule has 0 spiro atoms. The summed E-state index contributed by atoms with van der Waals surface area (Å²) in [5.74, 6) is 0.815. The Balaban J connectivity index is 2.45. The lowest BCUT2D eigenvalue weighted by atomic mass is 10.1. The number of anilines is 2. The number of benzene rings is 1. The number of hydrogen-bond acceptors (Lipinski definition) is 4. The van der Waals surface area contributed by atoms with Crippen LogP contribution in [-0.4, -0.2) is 18.1 Å². The molecule has 0 atom stereocenters. The van der Waals surface area contributed by atoms with E-state index in [1.807, 2.05) is 18.2 Å². The fourth-order valence-corrected chi connectivity index (χ4v) is 2.16. The molecule has 1 aromatic carbocycles. The summed E-state index contributed by atoms with van der Waals surface area (Å²) in [6, 6.07) is 5.84. The van der Waals surface area contributed by atoms with E-state index in [0.29, 0.717) is 6.54 Å². The van der Waals surface area contributed by atoms with Gasteiger partial charge < -0.3 is 16.8 Å². The van der Waals surface area contributed by atoms with Crippen LogP contribution in [0.2, 0.25) is 0 Å². The number of fused-ring (bicyclic) bond motifs is 1.